The largest absolute Gasteiger partial charge is 0.398 e. The van der Waals surface area contributed by atoms with E-state index < -0.39 is 0 Å². The second-order valence-electron chi connectivity index (χ2n) is 4.34. The van der Waals surface area contributed by atoms with Gasteiger partial charge in [0.15, 0.2) is 0 Å². The molecule has 0 aliphatic carbocycles. The number of carbonyl (C=O) groups is 1. The van der Waals surface area contributed by atoms with Gasteiger partial charge in [0, 0.05) is 5.69 Å². The van der Waals surface area contributed by atoms with E-state index in [1.807, 2.05) is 0 Å². The normalized spacial score (nSPS) is 11.9. The number of rotatable bonds is 3. The van der Waals surface area contributed by atoms with E-state index in [1.165, 1.54) is 12.1 Å². The van der Waals surface area contributed by atoms with E-state index in [1.54, 1.807) is 43.3 Å². The zero-order chi connectivity index (χ0) is 13.8. The number of para-hydroxylation sites is 1. The van der Waals surface area contributed by atoms with Crippen molar-refractivity contribution in [2.75, 3.05) is 5.73 Å². The molecular formula is C15H15FN2O. The van der Waals surface area contributed by atoms with Crippen molar-refractivity contribution < 1.29 is 9.18 Å². The fourth-order valence-electron chi connectivity index (χ4n) is 1.84. The molecule has 2 aromatic rings. The summed E-state index contributed by atoms with van der Waals surface area (Å²) in [5.41, 5.74) is 7.29. The first-order chi connectivity index (χ1) is 9.08. The molecule has 0 aromatic heterocycles. The first kappa shape index (κ1) is 13.1. The molecule has 4 heteroatoms. The topological polar surface area (TPSA) is 55.1 Å². The van der Waals surface area contributed by atoms with E-state index in [4.69, 9.17) is 5.73 Å². The van der Waals surface area contributed by atoms with Gasteiger partial charge in [-0.25, -0.2) is 4.39 Å². The van der Waals surface area contributed by atoms with Gasteiger partial charge in [-0.05, 0) is 36.8 Å². The zero-order valence-corrected chi connectivity index (χ0v) is 10.6. The SMILES string of the molecule is CC(NC(=O)c1ccccc1N)c1cccc(F)c1. The van der Waals surface area contributed by atoms with E-state index in [0.717, 1.165) is 0 Å². The number of nitrogen functional groups attached to an aromatic ring is 1. The lowest BCUT2D eigenvalue weighted by Gasteiger charge is -2.15. The Morgan fingerprint density at radius 2 is 1.95 bits per heavy atom. The van der Waals surface area contributed by atoms with E-state index in [-0.39, 0.29) is 17.8 Å². The molecule has 1 amide bonds. The molecule has 19 heavy (non-hydrogen) atoms. The van der Waals surface area contributed by atoms with Crippen molar-refractivity contribution in [1.29, 1.82) is 0 Å². The Morgan fingerprint density at radius 3 is 2.63 bits per heavy atom. The Labute approximate surface area is 111 Å². The highest BCUT2D eigenvalue weighted by Crippen LogP contribution is 2.16. The van der Waals surface area contributed by atoms with Crippen LogP contribution in [0.1, 0.15) is 28.9 Å². The summed E-state index contributed by atoms with van der Waals surface area (Å²) in [6.07, 6.45) is 0. The standard InChI is InChI=1S/C15H15FN2O/c1-10(11-5-4-6-12(16)9-11)18-15(19)13-7-2-3-8-14(13)17/h2-10H,17H2,1H3,(H,18,19). The Hall–Kier alpha value is -2.36. The van der Waals surface area contributed by atoms with Gasteiger partial charge >= 0.3 is 0 Å². The van der Waals surface area contributed by atoms with Crippen LogP contribution in [0.3, 0.4) is 0 Å². The van der Waals surface area contributed by atoms with Gasteiger partial charge in [-0.1, -0.05) is 24.3 Å². The lowest BCUT2D eigenvalue weighted by Crippen LogP contribution is -2.27. The lowest BCUT2D eigenvalue weighted by atomic mass is 10.1. The fourth-order valence-corrected chi connectivity index (χ4v) is 1.84. The van der Waals surface area contributed by atoms with E-state index in [9.17, 15) is 9.18 Å². The molecule has 0 saturated carbocycles. The highest BCUT2D eigenvalue weighted by Gasteiger charge is 2.13. The van der Waals surface area contributed by atoms with Gasteiger partial charge < -0.3 is 11.1 Å². The average Bonchev–Trinajstić information content (AvgIpc) is 2.39. The van der Waals surface area contributed by atoms with Crippen molar-refractivity contribution in [3.63, 3.8) is 0 Å². The van der Waals surface area contributed by atoms with Crippen LogP contribution < -0.4 is 11.1 Å². The number of nitrogens with one attached hydrogen (secondary N) is 1. The van der Waals surface area contributed by atoms with Crippen LogP contribution in [-0.2, 0) is 0 Å². The van der Waals surface area contributed by atoms with E-state index in [0.29, 0.717) is 16.8 Å². The summed E-state index contributed by atoms with van der Waals surface area (Å²) in [7, 11) is 0. The number of halogens is 1. The van der Waals surface area contributed by atoms with Gasteiger partial charge in [0.2, 0.25) is 0 Å². The second kappa shape index (κ2) is 5.52. The lowest BCUT2D eigenvalue weighted by molar-refractivity contribution is 0.0940. The third kappa shape index (κ3) is 3.10. The molecule has 0 fully saturated rings. The van der Waals surface area contributed by atoms with Gasteiger partial charge in [-0.15, -0.1) is 0 Å². The summed E-state index contributed by atoms with van der Waals surface area (Å²) in [4.78, 5) is 12.0. The van der Waals surface area contributed by atoms with Crippen molar-refractivity contribution in [1.82, 2.24) is 5.32 Å². The Balaban J connectivity index is 2.13. The van der Waals surface area contributed by atoms with Crippen molar-refractivity contribution >= 4 is 11.6 Å². The molecule has 0 heterocycles. The number of nitrogens with two attached hydrogens (primary N) is 1. The molecular weight excluding hydrogens is 243 g/mol. The minimum atomic E-state index is -0.321. The smallest absolute Gasteiger partial charge is 0.253 e. The number of benzene rings is 2. The van der Waals surface area contributed by atoms with E-state index in [2.05, 4.69) is 5.32 Å². The highest BCUT2D eigenvalue weighted by atomic mass is 19.1. The average molecular weight is 258 g/mol. The second-order valence-corrected chi connectivity index (χ2v) is 4.34. The van der Waals surface area contributed by atoms with Gasteiger partial charge in [0.05, 0.1) is 11.6 Å². The molecule has 98 valence electrons. The van der Waals surface area contributed by atoms with Gasteiger partial charge in [0.25, 0.3) is 5.91 Å². The number of amides is 1. The van der Waals surface area contributed by atoms with Crippen LogP contribution in [0.2, 0.25) is 0 Å². The number of anilines is 1. The molecule has 1 atom stereocenters. The number of hydrogen-bond donors (Lipinski definition) is 2. The van der Waals surface area contributed by atoms with Crippen LogP contribution in [0.4, 0.5) is 10.1 Å². The van der Waals surface area contributed by atoms with Crippen molar-refractivity contribution in [2.45, 2.75) is 13.0 Å². The van der Waals surface area contributed by atoms with E-state index >= 15 is 0 Å². The van der Waals surface area contributed by atoms with Crippen LogP contribution >= 0.6 is 0 Å². The number of hydrogen-bond acceptors (Lipinski definition) is 2. The van der Waals surface area contributed by atoms with Crippen LogP contribution in [0.5, 0.6) is 0 Å². The summed E-state index contributed by atoms with van der Waals surface area (Å²) in [5.74, 6) is -0.590. The van der Waals surface area contributed by atoms with Gasteiger partial charge in [-0.2, -0.15) is 0 Å². The van der Waals surface area contributed by atoms with Gasteiger partial charge in [-0.3, -0.25) is 4.79 Å². The maximum Gasteiger partial charge on any atom is 0.253 e. The van der Waals surface area contributed by atoms with Crippen LogP contribution in [0.25, 0.3) is 0 Å². The Morgan fingerprint density at radius 1 is 1.21 bits per heavy atom. The molecule has 0 bridgehead atoms. The fraction of sp³-hybridized carbons (Fsp3) is 0.133. The zero-order valence-electron chi connectivity index (χ0n) is 10.6. The molecule has 1 unspecified atom stereocenters. The molecule has 3 N–H and O–H groups in total. The highest BCUT2D eigenvalue weighted by molar-refractivity contribution is 5.99. The third-order valence-electron chi connectivity index (χ3n) is 2.90. The van der Waals surface area contributed by atoms with Gasteiger partial charge in [0.1, 0.15) is 5.82 Å². The first-order valence-electron chi connectivity index (χ1n) is 5.99. The number of carbonyl (C=O) groups excluding carboxylic acids is 1. The summed E-state index contributed by atoms with van der Waals surface area (Å²) in [6.45, 7) is 1.80. The maximum absolute atomic E-state index is 13.1. The molecule has 0 radical (unpaired) electrons. The summed E-state index contributed by atoms with van der Waals surface area (Å²) >= 11 is 0. The van der Waals surface area contributed by atoms with Crippen LogP contribution in [0.15, 0.2) is 48.5 Å². The summed E-state index contributed by atoms with van der Waals surface area (Å²) in [5, 5.41) is 2.79. The monoisotopic (exact) mass is 258 g/mol. The van der Waals surface area contributed by atoms with Crippen molar-refractivity contribution in [3.05, 3.63) is 65.5 Å². The third-order valence-corrected chi connectivity index (χ3v) is 2.90. The maximum atomic E-state index is 13.1. The predicted octanol–water partition coefficient (Wildman–Crippen LogP) is 2.90. The molecule has 0 saturated heterocycles. The first-order valence-corrected chi connectivity index (χ1v) is 5.99. The summed E-state index contributed by atoms with van der Waals surface area (Å²) < 4.78 is 13.1. The summed E-state index contributed by atoms with van der Waals surface area (Å²) in [6, 6.07) is 12.7. The minimum Gasteiger partial charge on any atom is -0.398 e. The van der Waals surface area contributed by atoms with Crippen LogP contribution in [-0.4, -0.2) is 5.91 Å². The van der Waals surface area contributed by atoms with Crippen LogP contribution in [0, 0.1) is 5.82 Å². The molecule has 0 aliphatic heterocycles. The quantitative estimate of drug-likeness (QED) is 0.832. The van der Waals surface area contributed by atoms with Crippen molar-refractivity contribution in [3.8, 4) is 0 Å². The van der Waals surface area contributed by atoms with Crippen molar-refractivity contribution in [2.24, 2.45) is 0 Å². The molecule has 0 spiro atoms. The molecule has 2 aromatic carbocycles. The molecule has 3 nitrogen and oxygen atoms in total. The Bertz CT molecular complexity index is 598. The predicted molar refractivity (Wildman–Crippen MR) is 73.1 cm³/mol. The minimum absolute atomic E-state index is 0.269. The molecule has 0 aliphatic rings. The Kier molecular flexibility index (Phi) is 3.80. The molecule has 2 rings (SSSR count).